The molecular formula is C45H44N4. The number of fused-ring (bicyclic) bond motifs is 7. The Labute approximate surface area is 289 Å². The molecule has 0 N–H and O–H groups in total. The summed E-state index contributed by atoms with van der Waals surface area (Å²) < 4.78 is 4.64. The van der Waals surface area contributed by atoms with Gasteiger partial charge in [-0.3, -0.25) is 0 Å². The maximum atomic E-state index is 11.3. The highest BCUT2D eigenvalue weighted by atomic mass is 15.0. The zero-order valence-electron chi connectivity index (χ0n) is 30.4. The minimum atomic E-state index is -0.363. The van der Waals surface area contributed by atoms with E-state index >= 15 is 0 Å². The number of nitrogens with zero attached hydrogens (tertiary/aromatic N) is 4. The molecule has 4 nitrogen and oxygen atoms in total. The van der Waals surface area contributed by atoms with Gasteiger partial charge in [0.25, 0.3) is 0 Å². The zero-order valence-corrected chi connectivity index (χ0v) is 30.4. The van der Waals surface area contributed by atoms with Gasteiger partial charge in [0, 0.05) is 21.9 Å². The Kier molecular flexibility index (Phi) is 6.37. The predicted molar refractivity (Wildman–Crippen MR) is 203 cm³/mol. The summed E-state index contributed by atoms with van der Waals surface area (Å²) in [6.07, 6.45) is 5.48. The third-order valence-corrected chi connectivity index (χ3v) is 12.9. The van der Waals surface area contributed by atoms with Crippen LogP contribution in [0.2, 0.25) is 0 Å². The third kappa shape index (κ3) is 3.84. The number of hydrogen-bond donors (Lipinski definition) is 0. The van der Waals surface area contributed by atoms with Crippen LogP contribution in [0.1, 0.15) is 98.7 Å². The van der Waals surface area contributed by atoms with Gasteiger partial charge < -0.3 is 9.13 Å². The van der Waals surface area contributed by atoms with Crippen LogP contribution in [0.3, 0.4) is 0 Å². The van der Waals surface area contributed by atoms with Gasteiger partial charge in [0.2, 0.25) is 0 Å². The van der Waals surface area contributed by atoms with Gasteiger partial charge in [-0.1, -0.05) is 89.4 Å². The van der Waals surface area contributed by atoms with Gasteiger partial charge in [0.1, 0.15) is 12.1 Å². The van der Waals surface area contributed by atoms with Crippen LogP contribution >= 0.6 is 0 Å². The van der Waals surface area contributed by atoms with E-state index in [0.29, 0.717) is 17.0 Å². The fourth-order valence-corrected chi connectivity index (χ4v) is 9.27. The summed E-state index contributed by atoms with van der Waals surface area (Å²) in [5, 5.41) is 26.2. The summed E-state index contributed by atoms with van der Waals surface area (Å²) in [6, 6.07) is 25.2. The van der Waals surface area contributed by atoms with Gasteiger partial charge in [-0.05, 0) is 109 Å². The molecule has 0 saturated carbocycles. The normalized spacial score (nSPS) is 18.5. The van der Waals surface area contributed by atoms with Crippen molar-refractivity contribution in [3.05, 3.63) is 111 Å². The number of hydrogen-bond acceptors (Lipinski definition) is 2. The first kappa shape index (κ1) is 31.2. The lowest BCUT2D eigenvalue weighted by atomic mass is 9.59. The average molecular weight is 641 g/mol. The van der Waals surface area contributed by atoms with Crippen LogP contribution in [0.5, 0.6) is 0 Å². The van der Waals surface area contributed by atoms with Gasteiger partial charge in [-0.25, -0.2) is 0 Å². The van der Waals surface area contributed by atoms with E-state index in [1.54, 1.807) is 0 Å². The summed E-state index contributed by atoms with van der Waals surface area (Å²) in [4.78, 5) is 0. The van der Waals surface area contributed by atoms with E-state index in [9.17, 15) is 10.5 Å². The van der Waals surface area contributed by atoms with Crippen molar-refractivity contribution >= 4 is 38.8 Å². The van der Waals surface area contributed by atoms with Crippen LogP contribution in [0.25, 0.3) is 50.2 Å². The highest BCUT2D eigenvalue weighted by Gasteiger charge is 2.60. The zero-order chi connectivity index (χ0) is 34.9. The molecule has 2 aliphatic carbocycles. The van der Waals surface area contributed by atoms with Crippen molar-refractivity contribution in [1.82, 2.24) is 9.13 Å². The van der Waals surface area contributed by atoms with Crippen molar-refractivity contribution in [1.29, 1.82) is 10.5 Å². The van der Waals surface area contributed by atoms with Crippen molar-refractivity contribution in [3.63, 3.8) is 0 Å². The lowest BCUT2D eigenvalue weighted by Crippen LogP contribution is -2.42. The topological polar surface area (TPSA) is 57.4 Å². The highest BCUT2D eigenvalue weighted by molar-refractivity contribution is 6.10. The van der Waals surface area contributed by atoms with Gasteiger partial charge in [0.15, 0.2) is 0 Å². The summed E-state index contributed by atoms with van der Waals surface area (Å²) in [7, 11) is 0. The first-order valence-electron chi connectivity index (χ1n) is 17.5. The quantitative estimate of drug-likeness (QED) is 0.189. The molecular weight excluding hydrogens is 597 g/mol. The predicted octanol–water partition coefficient (Wildman–Crippen LogP) is 11.2. The van der Waals surface area contributed by atoms with Crippen LogP contribution in [0, 0.1) is 54.8 Å². The molecule has 0 aliphatic heterocycles. The SMILES string of the molecule is Cc1ccc2c(c1)c1c(n2-c2c(C#N)c(C#N)c(-n3c4ccc(C)cc4c4cc(C)ccc43)c3c2C(C)(C)C(C)(C)C3(C)C)C=CC(C)C1. The summed E-state index contributed by atoms with van der Waals surface area (Å²) >= 11 is 0. The van der Waals surface area contributed by atoms with Crippen molar-refractivity contribution in [3.8, 4) is 23.5 Å². The van der Waals surface area contributed by atoms with E-state index in [1.807, 2.05) is 0 Å². The standard InChI is InChI=1S/C45H44N4/c1-25-11-15-35-29(19-25)30-20-26(2)12-16-36(30)48(35)41-33(23-46)34(24-47)42(40-39(41)43(5,6)45(9,10)44(40,7)8)49-37-17-13-27(3)21-31(37)32-22-28(4)14-18-38(32)49/h11-21,28H,22H2,1-10H3. The Hall–Kier alpha value is -5.06. The molecule has 0 saturated heterocycles. The first-order valence-corrected chi connectivity index (χ1v) is 17.5. The molecule has 2 heterocycles. The lowest BCUT2D eigenvalue weighted by molar-refractivity contribution is 0.125. The van der Waals surface area contributed by atoms with Crippen molar-refractivity contribution < 1.29 is 0 Å². The smallest absolute Gasteiger partial charge is 0.103 e. The average Bonchev–Trinajstić information content (AvgIpc) is 3.56. The van der Waals surface area contributed by atoms with E-state index in [2.05, 4.69) is 157 Å². The molecule has 1 unspecified atom stereocenters. The van der Waals surface area contributed by atoms with Gasteiger partial charge in [0.05, 0.1) is 39.1 Å². The number of aryl methyl sites for hydroxylation is 3. The van der Waals surface area contributed by atoms with E-state index in [0.717, 1.165) is 61.9 Å². The maximum Gasteiger partial charge on any atom is 0.103 e. The molecule has 6 aromatic rings. The van der Waals surface area contributed by atoms with Gasteiger partial charge in [-0.15, -0.1) is 0 Å². The van der Waals surface area contributed by atoms with Crippen molar-refractivity contribution in [2.24, 2.45) is 11.3 Å². The maximum absolute atomic E-state index is 11.3. The number of rotatable bonds is 2. The Bertz CT molecular complexity index is 2500. The largest absolute Gasteiger partial charge is 0.308 e. The van der Waals surface area contributed by atoms with Crippen molar-refractivity contribution in [2.45, 2.75) is 86.5 Å². The van der Waals surface area contributed by atoms with E-state index in [1.165, 1.54) is 27.6 Å². The third-order valence-electron chi connectivity index (χ3n) is 12.9. The monoisotopic (exact) mass is 640 g/mol. The van der Waals surface area contributed by atoms with Crippen LogP contribution < -0.4 is 0 Å². The lowest BCUT2D eigenvalue weighted by Gasteiger charge is -2.45. The van der Waals surface area contributed by atoms with Crippen LogP contribution in [0.4, 0.5) is 0 Å². The first-order chi connectivity index (χ1) is 23.1. The Morgan fingerprint density at radius 1 is 0.633 bits per heavy atom. The van der Waals surface area contributed by atoms with Gasteiger partial charge >= 0.3 is 0 Å². The number of aromatic nitrogens is 2. The molecule has 1 atom stereocenters. The Balaban J connectivity index is 1.66. The summed E-state index contributed by atoms with van der Waals surface area (Å²) in [5.41, 5.74) is 13.2. The second kappa shape index (κ2) is 9.99. The minimum absolute atomic E-state index is 0.234. The number of benzene rings is 4. The summed E-state index contributed by atoms with van der Waals surface area (Å²) in [5.74, 6) is 0.419. The molecule has 2 aromatic heterocycles. The van der Waals surface area contributed by atoms with E-state index in [4.69, 9.17) is 0 Å². The number of nitriles is 2. The fraction of sp³-hybridized carbons (Fsp3) is 0.333. The molecule has 4 heteroatoms. The van der Waals surface area contributed by atoms with Gasteiger partial charge in [-0.2, -0.15) is 10.5 Å². The second-order valence-electron chi connectivity index (χ2n) is 16.4. The molecule has 0 fully saturated rings. The number of allylic oxidation sites excluding steroid dienone is 1. The molecule has 0 bridgehead atoms. The second-order valence-corrected chi connectivity index (χ2v) is 16.4. The molecule has 0 radical (unpaired) electrons. The Morgan fingerprint density at radius 2 is 1.06 bits per heavy atom. The minimum Gasteiger partial charge on any atom is -0.308 e. The van der Waals surface area contributed by atoms with Crippen LogP contribution in [0.15, 0.2) is 60.7 Å². The molecule has 244 valence electrons. The molecule has 0 spiro atoms. The molecule has 4 aromatic carbocycles. The Morgan fingerprint density at radius 3 is 1.53 bits per heavy atom. The highest BCUT2D eigenvalue weighted by Crippen LogP contribution is 2.65. The summed E-state index contributed by atoms with van der Waals surface area (Å²) in [6.45, 7) is 22.8. The molecule has 0 amide bonds. The van der Waals surface area contributed by atoms with Crippen LogP contribution in [-0.4, -0.2) is 9.13 Å². The van der Waals surface area contributed by atoms with E-state index < -0.39 is 0 Å². The fourth-order valence-electron chi connectivity index (χ4n) is 9.27. The van der Waals surface area contributed by atoms with Crippen molar-refractivity contribution in [2.75, 3.05) is 0 Å². The molecule has 2 aliphatic rings. The molecule has 8 rings (SSSR count). The van der Waals surface area contributed by atoms with E-state index in [-0.39, 0.29) is 16.2 Å². The van der Waals surface area contributed by atoms with Crippen LogP contribution in [-0.2, 0) is 17.3 Å². The molecule has 49 heavy (non-hydrogen) atoms.